The predicted molar refractivity (Wildman–Crippen MR) is 78.0 cm³/mol. The molecule has 0 aliphatic rings. The molecule has 0 aromatic heterocycles. The number of benzene rings is 1. The van der Waals surface area contributed by atoms with E-state index in [1.54, 1.807) is 0 Å². The fourth-order valence-electron chi connectivity index (χ4n) is 2.13. The molecule has 0 aliphatic heterocycles. The van der Waals surface area contributed by atoms with Crippen LogP contribution >= 0.6 is 0 Å². The van der Waals surface area contributed by atoms with Crippen LogP contribution in [0.25, 0.3) is 0 Å². The highest BCUT2D eigenvalue weighted by Crippen LogP contribution is 2.20. The molecule has 0 amide bonds. The van der Waals surface area contributed by atoms with Gasteiger partial charge in [0.1, 0.15) is 0 Å². The Kier molecular flexibility index (Phi) is 6.47. The van der Waals surface area contributed by atoms with E-state index in [0.29, 0.717) is 12.6 Å². The van der Waals surface area contributed by atoms with Gasteiger partial charge in [0.05, 0.1) is 6.61 Å². The summed E-state index contributed by atoms with van der Waals surface area (Å²) >= 11 is 0. The maximum Gasteiger partial charge on any atom is 0.0606 e. The Morgan fingerprint density at radius 3 is 2.50 bits per heavy atom. The SMILES string of the molecule is C=CCN(CCO)c1ccc(C(CC)NC)cc1. The molecule has 0 fully saturated rings. The first kappa shape index (κ1) is 14.7. The molecule has 100 valence electrons. The largest absolute Gasteiger partial charge is 0.395 e. The van der Waals surface area contributed by atoms with E-state index >= 15 is 0 Å². The van der Waals surface area contributed by atoms with Crippen LogP contribution in [0.5, 0.6) is 0 Å². The van der Waals surface area contributed by atoms with Gasteiger partial charge in [-0.25, -0.2) is 0 Å². The van der Waals surface area contributed by atoms with Crippen molar-refractivity contribution in [2.24, 2.45) is 0 Å². The summed E-state index contributed by atoms with van der Waals surface area (Å²) in [6, 6.07) is 8.91. The van der Waals surface area contributed by atoms with Crippen LogP contribution < -0.4 is 10.2 Å². The molecule has 0 bridgehead atoms. The molecule has 0 spiro atoms. The average Bonchev–Trinajstić information content (AvgIpc) is 2.41. The molecule has 1 aromatic rings. The maximum atomic E-state index is 9.06. The van der Waals surface area contributed by atoms with Crippen molar-refractivity contribution in [3.05, 3.63) is 42.5 Å². The topological polar surface area (TPSA) is 35.5 Å². The zero-order valence-electron chi connectivity index (χ0n) is 11.4. The van der Waals surface area contributed by atoms with E-state index < -0.39 is 0 Å². The summed E-state index contributed by atoms with van der Waals surface area (Å²) in [6.45, 7) is 7.46. The lowest BCUT2D eigenvalue weighted by Crippen LogP contribution is -2.26. The predicted octanol–water partition coefficient (Wildman–Crippen LogP) is 2.34. The zero-order chi connectivity index (χ0) is 13.4. The summed E-state index contributed by atoms with van der Waals surface area (Å²) < 4.78 is 0. The molecule has 3 nitrogen and oxygen atoms in total. The molecule has 1 rings (SSSR count). The standard InChI is InChI=1S/C15H24N2O/c1-4-10-17(11-12-18)14-8-6-13(7-9-14)15(5-2)16-3/h4,6-9,15-16,18H,1,5,10-12H2,2-3H3. The van der Waals surface area contributed by atoms with Crippen LogP contribution in [0.1, 0.15) is 24.9 Å². The lowest BCUT2D eigenvalue weighted by molar-refractivity contribution is 0.303. The van der Waals surface area contributed by atoms with Gasteiger partial charge in [0, 0.05) is 24.8 Å². The van der Waals surface area contributed by atoms with Crippen molar-refractivity contribution >= 4 is 5.69 Å². The Hall–Kier alpha value is -1.32. The van der Waals surface area contributed by atoms with E-state index in [1.165, 1.54) is 5.56 Å². The number of aliphatic hydroxyl groups excluding tert-OH is 1. The zero-order valence-corrected chi connectivity index (χ0v) is 11.4. The van der Waals surface area contributed by atoms with Gasteiger partial charge < -0.3 is 15.3 Å². The molecule has 0 saturated heterocycles. The van der Waals surface area contributed by atoms with Crippen LogP contribution in [-0.2, 0) is 0 Å². The quantitative estimate of drug-likeness (QED) is 0.693. The molecule has 0 heterocycles. The molecule has 1 unspecified atom stereocenters. The van der Waals surface area contributed by atoms with Crippen molar-refractivity contribution in [2.45, 2.75) is 19.4 Å². The third-order valence-corrected chi connectivity index (χ3v) is 3.14. The monoisotopic (exact) mass is 248 g/mol. The number of hydrogen-bond acceptors (Lipinski definition) is 3. The Balaban J connectivity index is 2.82. The van der Waals surface area contributed by atoms with Crippen molar-refractivity contribution in [1.29, 1.82) is 0 Å². The Labute approximate surface area is 110 Å². The number of rotatable bonds is 8. The summed E-state index contributed by atoms with van der Waals surface area (Å²) in [5, 5.41) is 12.4. The van der Waals surface area contributed by atoms with Crippen LogP contribution in [-0.4, -0.2) is 31.9 Å². The number of nitrogens with zero attached hydrogens (tertiary/aromatic N) is 1. The number of hydrogen-bond donors (Lipinski definition) is 2. The second-order valence-corrected chi connectivity index (χ2v) is 4.30. The second-order valence-electron chi connectivity index (χ2n) is 4.30. The Morgan fingerprint density at radius 2 is 2.06 bits per heavy atom. The Bertz CT molecular complexity index is 344. The third-order valence-electron chi connectivity index (χ3n) is 3.14. The van der Waals surface area contributed by atoms with Crippen LogP contribution in [0.2, 0.25) is 0 Å². The number of aliphatic hydroxyl groups is 1. The van der Waals surface area contributed by atoms with Crippen molar-refractivity contribution in [1.82, 2.24) is 5.32 Å². The molecule has 1 aromatic carbocycles. The molecule has 0 radical (unpaired) electrons. The molecular formula is C15H24N2O. The van der Waals surface area contributed by atoms with Crippen LogP contribution in [0, 0.1) is 0 Å². The first-order valence-electron chi connectivity index (χ1n) is 6.50. The fraction of sp³-hybridized carbons (Fsp3) is 0.467. The molecule has 18 heavy (non-hydrogen) atoms. The van der Waals surface area contributed by atoms with Gasteiger partial charge in [-0.1, -0.05) is 25.1 Å². The highest BCUT2D eigenvalue weighted by Gasteiger charge is 2.08. The minimum atomic E-state index is 0.156. The Morgan fingerprint density at radius 1 is 1.39 bits per heavy atom. The summed E-state index contributed by atoms with van der Waals surface area (Å²) in [6.07, 6.45) is 2.93. The average molecular weight is 248 g/mol. The van der Waals surface area contributed by atoms with Crippen molar-refractivity contribution in [2.75, 3.05) is 31.6 Å². The van der Waals surface area contributed by atoms with E-state index in [4.69, 9.17) is 5.11 Å². The molecule has 1 atom stereocenters. The van der Waals surface area contributed by atoms with E-state index in [9.17, 15) is 0 Å². The second kappa shape index (κ2) is 7.90. The van der Waals surface area contributed by atoms with Crippen LogP contribution in [0.15, 0.2) is 36.9 Å². The van der Waals surface area contributed by atoms with E-state index in [-0.39, 0.29) is 6.61 Å². The highest BCUT2D eigenvalue weighted by atomic mass is 16.3. The van der Waals surface area contributed by atoms with Crippen LogP contribution in [0.4, 0.5) is 5.69 Å². The maximum absolute atomic E-state index is 9.06. The minimum Gasteiger partial charge on any atom is -0.395 e. The van der Waals surface area contributed by atoms with Gasteiger partial charge in [0.15, 0.2) is 0 Å². The fourth-order valence-corrected chi connectivity index (χ4v) is 2.13. The van der Waals surface area contributed by atoms with Crippen molar-refractivity contribution in [3.8, 4) is 0 Å². The molecule has 2 N–H and O–H groups in total. The van der Waals surface area contributed by atoms with Gasteiger partial charge >= 0.3 is 0 Å². The first-order valence-corrected chi connectivity index (χ1v) is 6.50. The van der Waals surface area contributed by atoms with Gasteiger partial charge in [0.2, 0.25) is 0 Å². The minimum absolute atomic E-state index is 0.156. The van der Waals surface area contributed by atoms with E-state index in [0.717, 1.165) is 18.7 Å². The number of anilines is 1. The smallest absolute Gasteiger partial charge is 0.0606 e. The van der Waals surface area contributed by atoms with Crippen LogP contribution in [0.3, 0.4) is 0 Å². The summed E-state index contributed by atoms with van der Waals surface area (Å²) in [5.41, 5.74) is 2.42. The van der Waals surface area contributed by atoms with Gasteiger partial charge in [0.25, 0.3) is 0 Å². The highest BCUT2D eigenvalue weighted by molar-refractivity contribution is 5.48. The van der Waals surface area contributed by atoms with E-state index in [2.05, 4.69) is 48.0 Å². The lowest BCUT2D eigenvalue weighted by Gasteiger charge is -2.23. The van der Waals surface area contributed by atoms with E-state index in [1.807, 2.05) is 13.1 Å². The molecule has 3 heteroatoms. The van der Waals surface area contributed by atoms with Crippen molar-refractivity contribution in [3.63, 3.8) is 0 Å². The molecular weight excluding hydrogens is 224 g/mol. The summed E-state index contributed by atoms with van der Waals surface area (Å²) in [4.78, 5) is 2.11. The summed E-state index contributed by atoms with van der Waals surface area (Å²) in [7, 11) is 1.98. The third kappa shape index (κ3) is 3.86. The first-order chi connectivity index (χ1) is 8.76. The van der Waals surface area contributed by atoms with Gasteiger partial charge in [-0.15, -0.1) is 6.58 Å². The molecule has 0 saturated carbocycles. The molecule has 0 aliphatic carbocycles. The number of nitrogens with one attached hydrogen (secondary N) is 1. The lowest BCUT2D eigenvalue weighted by atomic mass is 10.0. The van der Waals surface area contributed by atoms with Crippen molar-refractivity contribution < 1.29 is 5.11 Å². The van der Waals surface area contributed by atoms with Gasteiger partial charge in [-0.3, -0.25) is 0 Å². The van der Waals surface area contributed by atoms with Gasteiger partial charge in [-0.2, -0.15) is 0 Å². The normalized spacial score (nSPS) is 12.2. The van der Waals surface area contributed by atoms with Gasteiger partial charge in [-0.05, 0) is 31.2 Å². The summed E-state index contributed by atoms with van der Waals surface area (Å²) in [5.74, 6) is 0.